The van der Waals surface area contributed by atoms with Gasteiger partial charge in [0.1, 0.15) is 5.82 Å². The summed E-state index contributed by atoms with van der Waals surface area (Å²) in [6.45, 7) is 0.458. The van der Waals surface area contributed by atoms with Crippen LogP contribution in [-0.2, 0) is 9.59 Å². The van der Waals surface area contributed by atoms with Crippen LogP contribution in [0.15, 0.2) is 36.4 Å². The molecule has 0 unspecified atom stereocenters. The van der Waals surface area contributed by atoms with Gasteiger partial charge in [0.15, 0.2) is 0 Å². The molecule has 2 N–H and O–H groups in total. The number of nitrogens with zero attached hydrogens (tertiary/aromatic N) is 3. The smallest absolute Gasteiger partial charge is 0.304 e. The third kappa shape index (κ3) is 4.67. The molecule has 1 saturated carbocycles. The van der Waals surface area contributed by atoms with Crippen molar-refractivity contribution >= 4 is 17.7 Å². The fraction of sp³-hybridized carbons (Fsp3) is 0.389. The van der Waals surface area contributed by atoms with E-state index in [2.05, 4.69) is 10.4 Å². The Labute approximate surface area is 146 Å². The van der Waals surface area contributed by atoms with E-state index in [1.54, 1.807) is 16.6 Å². The molecule has 0 spiro atoms. The number of hydrogen-bond donors (Lipinski definition) is 2. The van der Waals surface area contributed by atoms with E-state index < -0.39 is 5.97 Å². The van der Waals surface area contributed by atoms with E-state index in [1.807, 2.05) is 36.4 Å². The topological polar surface area (TPSA) is 87.5 Å². The number of nitrogens with one attached hydrogen (secondary N) is 1. The Hall–Kier alpha value is -2.67. The Morgan fingerprint density at radius 1 is 1.32 bits per heavy atom. The Morgan fingerprint density at radius 2 is 2.04 bits per heavy atom. The molecule has 1 aromatic heterocycles. The van der Waals surface area contributed by atoms with Gasteiger partial charge in [-0.15, -0.1) is 0 Å². The van der Waals surface area contributed by atoms with E-state index in [9.17, 15) is 9.59 Å². The molecule has 7 nitrogen and oxygen atoms in total. The average molecular weight is 342 g/mol. The number of amides is 1. The summed E-state index contributed by atoms with van der Waals surface area (Å²) in [6.07, 6.45) is 2.28. The summed E-state index contributed by atoms with van der Waals surface area (Å²) >= 11 is 0. The molecule has 2 aromatic rings. The van der Waals surface area contributed by atoms with Crippen molar-refractivity contribution in [1.82, 2.24) is 14.7 Å². The number of carbonyl (C=O) groups is 2. The Kier molecular flexibility index (Phi) is 5.14. The first-order chi connectivity index (χ1) is 12.0. The minimum absolute atomic E-state index is 0.0115. The number of aromatic nitrogens is 2. The van der Waals surface area contributed by atoms with E-state index >= 15 is 0 Å². The van der Waals surface area contributed by atoms with Gasteiger partial charge in [-0.05, 0) is 32.0 Å². The van der Waals surface area contributed by atoms with Crippen LogP contribution in [0, 0.1) is 0 Å². The highest BCUT2D eigenvalue weighted by molar-refractivity contribution is 5.91. The zero-order valence-corrected chi connectivity index (χ0v) is 14.2. The standard InChI is InChI=1S/C18H22N4O3/c1-21(10-9-18(24)25)12-17(23)19-16-11-15(13-7-8-13)20-22(16)14-5-3-2-4-6-14/h2-6,11,13H,7-10,12H2,1H3,(H,19,23)(H,24,25). The fourth-order valence-corrected chi connectivity index (χ4v) is 2.63. The second-order valence-electron chi connectivity index (χ2n) is 6.41. The number of para-hydroxylation sites is 1. The number of carbonyl (C=O) groups excluding carboxylic acids is 1. The lowest BCUT2D eigenvalue weighted by Crippen LogP contribution is -2.32. The maximum absolute atomic E-state index is 12.3. The second-order valence-corrected chi connectivity index (χ2v) is 6.41. The first kappa shape index (κ1) is 17.2. The minimum atomic E-state index is -0.872. The van der Waals surface area contributed by atoms with E-state index in [-0.39, 0.29) is 18.9 Å². The van der Waals surface area contributed by atoms with Gasteiger partial charge >= 0.3 is 5.97 Å². The van der Waals surface area contributed by atoms with Gasteiger partial charge in [-0.1, -0.05) is 18.2 Å². The van der Waals surface area contributed by atoms with Crippen LogP contribution in [0.4, 0.5) is 5.82 Å². The molecule has 0 saturated heterocycles. The molecule has 0 atom stereocenters. The largest absolute Gasteiger partial charge is 0.481 e. The number of carboxylic acid groups (broad SMARTS) is 1. The van der Waals surface area contributed by atoms with Crippen LogP contribution >= 0.6 is 0 Å². The van der Waals surface area contributed by atoms with Crippen molar-refractivity contribution in [3.05, 3.63) is 42.1 Å². The predicted octanol–water partition coefficient (Wildman–Crippen LogP) is 2.09. The molecule has 3 rings (SSSR count). The summed E-state index contributed by atoms with van der Waals surface area (Å²) in [5.41, 5.74) is 1.89. The van der Waals surface area contributed by atoms with Gasteiger partial charge in [-0.25, -0.2) is 4.68 Å². The zero-order valence-electron chi connectivity index (χ0n) is 14.2. The maximum atomic E-state index is 12.3. The third-order valence-corrected chi connectivity index (χ3v) is 4.11. The number of hydrogen-bond acceptors (Lipinski definition) is 4. The summed E-state index contributed by atoms with van der Waals surface area (Å²) in [5.74, 6) is 0.0689. The number of carboxylic acids is 1. The van der Waals surface area contributed by atoms with Crippen LogP contribution in [0.3, 0.4) is 0 Å². The molecule has 1 aromatic carbocycles. The highest BCUT2D eigenvalue weighted by atomic mass is 16.4. The van der Waals surface area contributed by atoms with E-state index in [0.29, 0.717) is 18.3 Å². The average Bonchev–Trinajstić information content (AvgIpc) is 3.35. The quantitative estimate of drug-likeness (QED) is 0.767. The second kappa shape index (κ2) is 7.48. The highest BCUT2D eigenvalue weighted by Gasteiger charge is 2.28. The SMILES string of the molecule is CN(CCC(=O)O)CC(=O)Nc1cc(C2CC2)nn1-c1ccccc1. The van der Waals surface area contributed by atoms with Crippen LogP contribution in [0.25, 0.3) is 5.69 Å². The molecular formula is C18H22N4O3. The molecule has 25 heavy (non-hydrogen) atoms. The van der Waals surface area contributed by atoms with Crippen molar-refractivity contribution in [3.63, 3.8) is 0 Å². The van der Waals surface area contributed by atoms with Gasteiger partial charge < -0.3 is 10.4 Å². The summed E-state index contributed by atoms with van der Waals surface area (Å²) in [4.78, 5) is 24.6. The molecule has 1 fully saturated rings. The summed E-state index contributed by atoms with van der Waals surface area (Å²) in [7, 11) is 1.73. The summed E-state index contributed by atoms with van der Waals surface area (Å²) < 4.78 is 1.75. The first-order valence-corrected chi connectivity index (χ1v) is 8.38. The monoisotopic (exact) mass is 342 g/mol. The van der Waals surface area contributed by atoms with Gasteiger partial charge in [-0.2, -0.15) is 5.10 Å². The lowest BCUT2D eigenvalue weighted by atomic mass is 10.3. The van der Waals surface area contributed by atoms with Crippen LogP contribution < -0.4 is 5.32 Å². The lowest BCUT2D eigenvalue weighted by molar-refractivity contribution is -0.137. The van der Waals surface area contributed by atoms with Crippen LogP contribution in [0.1, 0.15) is 30.9 Å². The Balaban J connectivity index is 1.70. The van der Waals surface area contributed by atoms with Crippen molar-refractivity contribution in [2.75, 3.05) is 25.5 Å². The molecule has 0 radical (unpaired) electrons. The molecule has 0 aliphatic heterocycles. The highest BCUT2D eigenvalue weighted by Crippen LogP contribution is 2.40. The molecular weight excluding hydrogens is 320 g/mol. The third-order valence-electron chi connectivity index (χ3n) is 4.11. The molecule has 1 aliphatic carbocycles. The zero-order chi connectivity index (χ0) is 17.8. The van der Waals surface area contributed by atoms with Gasteiger partial charge in [0.05, 0.1) is 24.3 Å². The molecule has 0 bridgehead atoms. The fourth-order valence-electron chi connectivity index (χ4n) is 2.63. The summed E-state index contributed by atoms with van der Waals surface area (Å²) in [5, 5.41) is 16.3. The number of anilines is 1. The Morgan fingerprint density at radius 3 is 2.68 bits per heavy atom. The predicted molar refractivity (Wildman–Crippen MR) is 93.9 cm³/mol. The Bertz CT molecular complexity index is 753. The van der Waals surface area contributed by atoms with E-state index in [4.69, 9.17) is 5.11 Å². The van der Waals surface area contributed by atoms with Crippen molar-refractivity contribution in [1.29, 1.82) is 0 Å². The van der Waals surface area contributed by atoms with Crippen molar-refractivity contribution in [2.45, 2.75) is 25.2 Å². The van der Waals surface area contributed by atoms with Crippen molar-refractivity contribution < 1.29 is 14.7 Å². The van der Waals surface area contributed by atoms with Crippen molar-refractivity contribution in [3.8, 4) is 5.69 Å². The first-order valence-electron chi connectivity index (χ1n) is 8.38. The van der Waals surface area contributed by atoms with Crippen LogP contribution in [0.2, 0.25) is 0 Å². The maximum Gasteiger partial charge on any atom is 0.304 e. The van der Waals surface area contributed by atoms with Gasteiger partial charge in [0.2, 0.25) is 5.91 Å². The summed E-state index contributed by atoms with van der Waals surface area (Å²) in [6, 6.07) is 11.6. The molecule has 1 amide bonds. The van der Waals surface area contributed by atoms with Gasteiger partial charge in [0, 0.05) is 18.5 Å². The van der Waals surface area contributed by atoms with Crippen molar-refractivity contribution in [2.24, 2.45) is 0 Å². The van der Waals surface area contributed by atoms with E-state index in [1.165, 1.54) is 0 Å². The number of likely N-dealkylation sites (N-methyl/N-ethyl adjacent to an activating group) is 1. The van der Waals surface area contributed by atoms with Gasteiger partial charge in [0.25, 0.3) is 0 Å². The molecule has 132 valence electrons. The molecule has 7 heteroatoms. The van der Waals surface area contributed by atoms with Crippen LogP contribution in [0.5, 0.6) is 0 Å². The molecule has 1 aliphatic rings. The molecule has 1 heterocycles. The number of rotatable bonds is 8. The number of aliphatic carboxylic acids is 1. The van der Waals surface area contributed by atoms with Crippen LogP contribution in [-0.4, -0.2) is 51.8 Å². The normalized spacial score (nSPS) is 13.8. The minimum Gasteiger partial charge on any atom is -0.481 e. The van der Waals surface area contributed by atoms with E-state index in [0.717, 1.165) is 24.2 Å². The lowest BCUT2D eigenvalue weighted by Gasteiger charge is -2.15. The van der Waals surface area contributed by atoms with Gasteiger partial charge in [-0.3, -0.25) is 14.5 Å². The number of benzene rings is 1.